The number of furan rings is 1. The van der Waals surface area contributed by atoms with E-state index in [2.05, 4.69) is 4.98 Å². The zero-order valence-electron chi connectivity index (χ0n) is 15.4. The van der Waals surface area contributed by atoms with Gasteiger partial charge >= 0.3 is 5.97 Å². The molecular weight excluding hydrogens is 380 g/mol. The number of pyridine rings is 1. The van der Waals surface area contributed by atoms with Gasteiger partial charge in [0.25, 0.3) is 0 Å². The number of fused-ring (bicyclic) bond motifs is 1. The van der Waals surface area contributed by atoms with Crippen molar-refractivity contribution in [3.8, 4) is 11.5 Å². The molecule has 3 heterocycles. The number of carbonyl (C=O) groups is 1. The summed E-state index contributed by atoms with van der Waals surface area (Å²) in [4.78, 5) is 16.4. The maximum atomic E-state index is 12.9. The van der Waals surface area contributed by atoms with E-state index in [0.29, 0.717) is 35.8 Å². The molecule has 1 saturated heterocycles. The molecule has 8 heteroatoms. The zero-order chi connectivity index (χ0) is 19.9. The average molecular weight is 400 g/mol. The number of carboxylic acid groups (broad SMARTS) is 1. The highest BCUT2D eigenvalue weighted by Crippen LogP contribution is 2.29. The third-order valence-corrected chi connectivity index (χ3v) is 6.85. The predicted molar refractivity (Wildman–Crippen MR) is 104 cm³/mol. The van der Waals surface area contributed by atoms with E-state index in [9.17, 15) is 18.3 Å². The molecule has 7 nitrogen and oxygen atoms in total. The number of aryl methyl sites for hydroxylation is 1. The van der Waals surface area contributed by atoms with Crippen LogP contribution in [0.25, 0.3) is 22.4 Å². The molecule has 3 aromatic rings. The summed E-state index contributed by atoms with van der Waals surface area (Å²) < 4.78 is 32.9. The third kappa shape index (κ3) is 3.29. The number of hydrogen-bond donors (Lipinski definition) is 1. The second-order valence-electron chi connectivity index (χ2n) is 6.91. The summed E-state index contributed by atoms with van der Waals surface area (Å²) in [6.45, 7) is 2.77. The van der Waals surface area contributed by atoms with Crippen LogP contribution in [0.4, 0.5) is 0 Å². The van der Waals surface area contributed by atoms with Crippen LogP contribution in [0.1, 0.15) is 35.4 Å². The Labute approximate surface area is 162 Å². The first-order chi connectivity index (χ1) is 13.4. The molecule has 0 atom stereocenters. The Hall–Kier alpha value is -2.71. The van der Waals surface area contributed by atoms with Crippen molar-refractivity contribution in [3.63, 3.8) is 0 Å². The molecule has 1 aliphatic rings. The molecule has 28 heavy (non-hydrogen) atoms. The standard InChI is InChI=1S/C20H20N2O5S/c1-13-5-8-19(27-13)18-12-16(20(23)24)15-11-14(6-7-17(15)21-18)28(25,26)22-9-3-2-4-10-22/h5-8,11-12H,2-4,9-10H2,1H3,(H,23,24). The molecule has 0 bridgehead atoms. The number of aromatic nitrogens is 1. The molecule has 1 aliphatic heterocycles. The topological polar surface area (TPSA) is 101 Å². The van der Waals surface area contributed by atoms with Crippen molar-refractivity contribution in [2.75, 3.05) is 13.1 Å². The van der Waals surface area contributed by atoms with Crippen LogP contribution in [0.2, 0.25) is 0 Å². The Bertz CT molecular complexity index is 1160. The highest BCUT2D eigenvalue weighted by atomic mass is 32.2. The molecule has 0 amide bonds. The quantitative estimate of drug-likeness (QED) is 0.717. The van der Waals surface area contributed by atoms with Crippen LogP contribution < -0.4 is 0 Å². The number of nitrogens with zero attached hydrogens (tertiary/aromatic N) is 2. The van der Waals surface area contributed by atoms with Crippen LogP contribution in [0.15, 0.2) is 45.7 Å². The third-order valence-electron chi connectivity index (χ3n) is 4.96. The van der Waals surface area contributed by atoms with Gasteiger partial charge in [-0.2, -0.15) is 4.31 Å². The molecule has 146 valence electrons. The van der Waals surface area contributed by atoms with Crippen LogP contribution in [0.3, 0.4) is 0 Å². The first-order valence-electron chi connectivity index (χ1n) is 9.11. The van der Waals surface area contributed by atoms with Crippen molar-refractivity contribution in [2.45, 2.75) is 31.1 Å². The van der Waals surface area contributed by atoms with Crippen LogP contribution in [0.5, 0.6) is 0 Å². The van der Waals surface area contributed by atoms with E-state index in [1.165, 1.54) is 22.5 Å². The summed E-state index contributed by atoms with van der Waals surface area (Å²) >= 11 is 0. The Balaban J connectivity index is 1.85. The van der Waals surface area contributed by atoms with Crippen molar-refractivity contribution in [1.82, 2.24) is 9.29 Å². The molecule has 0 saturated carbocycles. The van der Waals surface area contributed by atoms with Gasteiger partial charge in [0.05, 0.1) is 16.0 Å². The Morgan fingerprint density at radius 3 is 2.50 bits per heavy atom. The van der Waals surface area contributed by atoms with Crippen molar-refractivity contribution in [3.05, 3.63) is 47.7 Å². The summed E-state index contributed by atoms with van der Waals surface area (Å²) in [6.07, 6.45) is 2.69. The fourth-order valence-corrected chi connectivity index (χ4v) is 5.04. The number of carboxylic acids is 1. The van der Waals surface area contributed by atoms with Gasteiger partial charge in [0.2, 0.25) is 10.0 Å². The maximum absolute atomic E-state index is 12.9. The first-order valence-corrected chi connectivity index (χ1v) is 10.6. The number of aromatic carboxylic acids is 1. The highest BCUT2D eigenvalue weighted by molar-refractivity contribution is 7.89. The molecule has 0 aliphatic carbocycles. The summed E-state index contributed by atoms with van der Waals surface area (Å²) in [7, 11) is -3.66. The van der Waals surface area contributed by atoms with Gasteiger partial charge in [-0.3, -0.25) is 0 Å². The van der Waals surface area contributed by atoms with E-state index >= 15 is 0 Å². The van der Waals surface area contributed by atoms with Crippen molar-refractivity contribution in [1.29, 1.82) is 0 Å². The van der Waals surface area contributed by atoms with Gasteiger partial charge in [0.15, 0.2) is 5.76 Å². The molecule has 4 rings (SSSR count). The number of rotatable bonds is 4. The number of piperidine rings is 1. The first kappa shape index (κ1) is 18.6. The van der Waals surface area contributed by atoms with Gasteiger partial charge in [0, 0.05) is 18.5 Å². The Morgan fingerprint density at radius 2 is 1.86 bits per heavy atom. The van der Waals surface area contributed by atoms with Gasteiger partial charge in [-0.15, -0.1) is 0 Å². The summed E-state index contributed by atoms with van der Waals surface area (Å²) in [6, 6.07) is 9.37. The molecule has 0 spiro atoms. The number of benzene rings is 1. The Morgan fingerprint density at radius 1 is 1.11 bits per heavy atom. The minimum absolute atomic E-state index is 0.00949. The van der Waals surface area contributed by atoms with Gasteiger partial charge in [-0.05, 0) is 56.2 Å². The second-order valence-corrected chi connectivity index (χ2v) is 8.85. The van der Waals surface area contributed by atoms with Crippen molar-refractivity contribution >= 4 is 26.9 Å². The van der Waals surface area contributed by atoms with Crippen LogP contribution in [-0.2, 0) is 10.0 Å². The Kier molecular flexibility index (Phi) is 4.68. The zero-order valence-corrected chi connectivity index (χ0v) is 16.2. The van der Waals surface area contributed by atoms with Crippen LogP contribution in [0, 0.1) is 6.92 Å². The molecule has 2 aromatic heterocycles. The lowest BCUT2D eigenvalue weighted by Crippen LogP contribution is -2.35. The van der Waals surface area contributed by atoms with E-state index in [-0.39, 0.29) is 15.8 Å². The van der Waals surface area contributed by atoms with Gasteiger partial charge in [-0.1, -0.05) is 6.42 Å². The lowest BCUT2D eigenvalue weighted by molar-refractivity contribution is 0.0699. The largest absolute Gasteiger partial charge is 0.478 e. The molecular formula is C20H20N2O5S. The van der Waals surface area contributed by atoms with Gasteiger partial charge < -0.3 is 9.52 Å². The monoisotopic (exact) mass is 400 g/mol. The minimum atomic E-state index is -3.66. The smallest absolute Gasteiger partial charge is 0.336 e. The van der Waals surface area contributed by atoms with Gasteiger partial charge in [-0.25, -0.2) is 18.2 Å². The predicted octanol–water partition coefficient (Wildman–Crippen LogP) is 3.68. The van der Waals surface area contributed by atoms with E-state index in [1.807, 2.05) is 0 Å². The molecule has 1 N–H and O–H groups in total. The maximum Gasteiger partial charge on any atom is 0.336 e. The highest BCUT2D eigenvalue weighted by Gasteiger charge is 2.27. The molecule has 1 aromatic carbocycles. The second kappa shape index (κ2) is 7.03. The van der Waals surface area contributed by atoms with E-state index in [0.717, 1.165) is 19.3 Å². The summed E-state index contributed by atoms with van der Waals surface area (Å²) in [5.41, 5.74) is 0.788. The SMILES string of the molecule is Cc1ccc(-c2cc(C(=O)O)c3cc(S(=O)(=O)N4CCCCC4)ccc3n2)o1. The summed E-state index contributed by atoms with van der Waals surface area (Å²) in [5.74, 6) is 0.00751. The van der Waals surface area contributed by atoms with Crippen LogP contribution in [-0.4, -0.2) is 41.9 Å². The number of sulfonamides is 1. The summed E-state index contributed by atoms with van der Waals surface area (Å²) in [5, 5.41) is 9.97. The van der Waals surface area contributed by atoms with Crippen molar-refractivity contribution < 1.29 is 22.7 Å². The average Bonchev–Trinajstić information content (AvgIpc) is 3.13. The van der Waals surface area contributed by atoms with E-state index in [4.69, 9.17) is 4.42 Å². The van der Waals surface area contributed by atoms with Crippen LogP contribution >= 0.6 is 0 Å². The molecule has 0 unspecified atom stereocenters. The van der Waals surface area contributed by atoms with E-state index < -0.39 is 16.0 Å². The minimum Gasteiger partial charge on any atom is -0.478 e. The van der Waals surface area contributed by atoms with Crippen molar-refractivity contribution in [2.24, 2.45) is 0 Å². The normalized spacial score (nSPS) is 15.8. The fraction of sp³-hybridized carbons (Fsp3) is 0.300. The lowest BCUT2D eigenvalue weighted by atomic mass is 10.1. The van der Waals surface area contributed by atoms with Gasteiger partial charge in [0.1, 0.15) is 11.5 Å². The molecule has 1 fully saturated rings. The molecule has 0 radical (unpaired) electrons. The fourth-order valence-electron chi connectivity index (χ4n) is 3.50. The lowest BCUT2D eigenvalue weighted by Gasteiger charge is -2.26. The van der Waals surface area contributed by atoms with E-state index in [1.54, 1.807) is 25.1 Å². The number of hydrogen-bond acceptors (Lipinski definition) is 5.